The summed E-state index contributed by atoms with van der Waals surface area (Å²) in [7, 11) is 0. The van der Waals surface area contributed by atoms with Crippen molar-refractivity contribution in [3.63, 3.8) is 0 Å². The number of furan rings is 1. The predicted molar refractivity (Wildman–Crippen MR) is 235 cm³/mol. The van der Waals surface area contributed by atoms with Crippen molar-refractivity contribution >= 4 is 43.5 Å². The zero-order valence-corrected chi connectivity index (χ0v) is 30.8. The second-order valence-electron chi connectivity index (χ2n) is 14.3. The molecule has 0 fully saturated rings. The van der Waals surface area contributed by atoms with E-state index in [-0.39, 0.29) is 0 Å². The van der Waals surface area contributed by atoms with Crippen LogP contribution < -0.4 is 0 Å². The molecule has 266 valence electrons. The second-order valence-corrected chi connectivity index (χ2v) is 14.3. The molecule has 0 unspecified atom stereocenters. The van der Waals surface area contributed by atoms with E-state index in [1.807, 2.05) is 30.3 Å². The Morgan fingerprint density at radius 3 is 1.60 bits per heavy atom. The van der Waals surface area contributed by atoms with Crippen LogP contribution in [0.2, 0.25) is 0 Å². The van der Waals surface area contributed by atoms with Crippen LogP contribution in [0.1, 0.15) is 0 Å². The molecule has 0 radical (unpaired) electrons. The molecule has 0 aliphatic carbocycles. The molecule has 9 aromatic carbocycles. The van der Waals surface area contributed by atoms with Gasteiger partial charge in [0.1, 0.15) is 11.2 Å². The number of para-hydroxylation sites is 2. The van der Waals surface area contributed by atoms with Gasteiger partial charge in [-0.2, -0.15) is 0 Å². The molecule has 0 amide bonds. The maximum atomic E-state index is 6.50. The molecule has 0 bridgehead atoms. The molecule has 0 spiro atoms. The third-order valence-electron chi connectivity index (χ3n) is 11.0. The molecule has 0 atom stereocenters. The molecule has 0 saturated carbocycles. The number of aromatic nitrogens is 3. The van der Waals surface area contributed by atoms with Gasteiger partial charge < -0.3 is 4.42 Å². The Morgan fingerprint density at radius 1 is 0.281 bits per heavy atom. The maximum absolute atomic E-state index is 6.50. The monoisotopic (exact) mass is 727 g/mol. The summed E-state index contributed by atoms with van der Waals surface area (Å²) in [5.41, 5.74) is 11.2. The van der Waals surface area contributed by atoms with Crippen LogP contribution in [0.3, 0.4) is 0 Å². The molecular formula is C53H33N3O. The van der Waals surface area contributed by atoms with Crippen molar-refractivity contribution in [1.29, 1.82) is 0 Å². The minimum atomic E-state index is 0.557. The zero-order chi connectivity index (χ0) is 37.7. The average Bonchev–Trinajstić information content (AvgIpc) is 3.68. The lowest BCUT2D eigenvalue weighted by Crippen LogP contribution is -2.01. The molecule has 11 aromatic rings. The summed E-state index contributed by atoms with van der Waals surface area (Å²) >= 11 is 0. The van der Waals surface area contributed by atoms with Crippen molar-refractivity contribution in [1.82, 2.24) is 15.0 Å². The quantitative estimate of drug-likeness (QED) is 0.171. The molecule has 0 N–H and O–H groups in total. The van der Waals surface area contributed by atoms with Gasteiger partial charge in [0.15, 0.2) is 17.5 Å². The molecule has 4 nitrogen and oxygen atoms in total. The highest BCUT2D eigenvalue weighted by Crippen LogP contribution is 2.41. The van der Waals surface area contributed by atoms with Gasteiger partial charge in [0, 0.05) is 21.9 Å². The lowest BCUT2D eigenvalue weighted by Gasteiger charge is -2.15. The topological polar surface area (TPSA) is 51.8 Å². The van der Waals surface area contributed by atoms with Crippen LogP contribution in [0.4, 0.5) is 0 Å². The molecule has 0 aliphatic heterocycles. The Morgan fingerprint density at radius 2 is 0.825 bits per heavy atom. The molecule has 11 rings (SSSR count). The second kappa shape index (κ2) is 13.6. The van der Waals surface area contributed by atoms with E-state index in [2.05, 4.69) is 170 Å². The highest BCUT2D eigenvalue weighted by atomic mass is 16.3. The molecule has 0 saturated heterocycles. The van der Waals surface area contributed by atoms with E-state index in [1.165, 1.54) is 21.9 Å². The first-order valence-corrected chi connectivity index (χ1v) is 19.2. The van der Waals surface area contributed by atoms with E-state index in [4.69, 9.17) is 19.4 Å². The average molecular weight is 728 g/mol. The van der Waals surface area contributed by atoms with Gasteiger partial charge in [-0.1, -0.05) is 170 Å². The summed E-state index contributed by atoms with van der Waals surface area (Å²) in [6, 6.07) is 70.0. The SMILES string of the molecule is c1ccc(-c2ccc(-c3nc(-c4ccc(-c5cc(-c6ccccc6)c6ccccc6c5)c5ccccc45)nc(-c4cccc5c4oc4ccccc45)n3)cc2)cc1. The van der Waals surface area contributed by atoms with E-state index < -0.39 is 0 Å². The number of hydrogen-bond donors (Lipinski definition) is 0. The molecule has 2 aromatic heterocycles. The first kappa shape index (κ1) is 32.7. The van der Waals surface area contributed by atoms with Crippen molar-refractivity contribution < 1.29 is 4.42 Å². The van der Waals surface area contributed by atoms with Gasteiger partial charge in [0.05, 0.1) is 5.56 Å². The van der Waals surface area contributed by atoms with Crippen molar-refractivity contribution in [3.8, 4) is 67.5 Å². The lowest BCUT2D eigenvalue weighted by atomic mass is 9.90. The summed E-state index contributed by atoms with van der Waals surface area (Å²) in [6.45, 7) is 0. The maximum Gasteiger partial charge on any atom is 0.167 e. The number of nitrogens with zero attached hydrogens (tertiary/aromatic N) is 3. The van der Waals surface area contributed by atoms with Crippen LogP contribution >= 0.6 is 0 Å². The predicted octanol–water partition coefficient (Wildman–Crippen LogP) is 14.1. The van der Waals surface area contributed by atoms with Crippen LogP contribution in [-0.4, -0.2) is 15.0 Å². The Hall–Kier alpha value is -7.69. The fourth-order valence-electron chi connectivity index (χ4n) is 8.18. The summed E-state index contributed by atoms with van der Waals surface area (Å²) in [4.78, 5) is 15.6. The number of benzene rings is 9. The van der Waals surface area contributed by atoms with Crippen LogP contribution in [0.15, 0.2) is 205 Å². The van der Waals surface area contributed by atoms with Gasteiger partial charge in [0.2, 0.25) is 0 Å². The van der Waals surface area contributed by atoms with Gasteiger partial charge in [0.25, 0.3) is 0 Å². The summed E-state index contributed by atoms with van der Waals surface area (Å²) in [5.74, 6) is 1.75. The van der Waals surface area contributed by atoms with Crippen molar-refractivity contribution in [3.05, 3.63) is 200 Å². The Balaban J connectivity index is 1.11. The molecule has 4 heteroatoms. The lowest BCUT2D eigenvalue weighted by molar-refractivity contribution is 0.669. The van der Waals surface area contributed by atoms with E-state index in [0.717, 1.165) is 71.7 Å². The molecular weight excluding hydrogens is 695 g/mol. The minimum Gasteiger partial charge on any atom is -0.455 e. The normalized spacial score (nSPS) is 11.5. The first-order valence-electron chi connectivity index (χ1n) is 19.2. The smallest absolute Gasteiger partial charge is 0.167 e. The standard InChI is InChI=1S/C53H33N3O/c1-3-14-34(15-4-1)35-26-28-37(29-27-35)51-54-52(56-53(55-51)47-24-13-23-45-44-22-11-12-25-49(44)57-50(45)47)46-31-30-41(42-20-9-10-21-43(42)46)39-32-38-18-7-8-19-40(38)48(33-39)36-16-5-2-6-17-36/h1-33H. The van der Waals surface area contributed by atoms with Gasteiger partial charge >= 0.3 is 0 Å². The third kappa shape index (κ3) is 5.74. The molecule has 2 heterocycles. The van der Waals surface area contributed by atoms with Crippen LogP contribution in [-0.2, 0) is 0 Å². The van der Waals surface area contributed by atoms with E-state index in [1.54, 1.807) is 0 Å². The van der Waals surface area contributed by atoms with Crippen LogP contribution in [0.25, 0.3) is 111 Å². The first-order chi connectivity index (χ1) is 28.2. The van der Waals surface area contributed by atoms with Crippen LogP contribution in [0, 0.1) is 0 Å². The Bertz CT molecular complexity index is 3280. The summed E-state index contributed by atoms with van der Waals surface area (Å²) < 4.78 is 6.50. The fourth-order valence-corrected chi connectivity index (χ4v) is 8.18. The van der Waals surface area contributed by atoms with Crippen molar-refractivity contribution in [2.24, 2.45) is 0 Å². The highest BCUT2D eigenvalue weighted by molar-refractivity contribution is 6.10. The number of hydrogen-bond acceptors (Lipinski definition) is 4. The zero-order valence-electron chi connectivity index (χ0n) is 30.8. The molecule has 57 heavy (non-hydrogen) atoms. The van der Waals surface area contributed by atoms with Gasteiger partial charge in [-0.25, -0.2) is 15.0 Å². The van der Waals surface area contributed by atoms with Crippen LogP contribution in [0.5, 0.6) is 0 Å². The largest absolute Gasteiger partial charge is 0.455 e. The number of fused-ring (bicyclic) bond motifs is 5. The summed E-state index contributed by atoms with van der Waals surface area (Å²) in [6.07, 6.45) is 0. The van der Waals surface area contributed by atoms with E-state index in [0.29, 0.717) is 17.5 Å². The van der Waals surface area contributed by atoms with E-state index >= 15 is 0 Å². The van der Waals surface area contributed by atoms with Gasteiger partial charge in [-0.3, -0.25) is 0 Å². The van der Waals surface area contributed by atoms with Crippen molar-refractivity contribution in [2.45, 2.75) is 0 Å². The fraction of sp³-hybridized carbons (Fsp3) is 0. The number of rotatable bonds is 6. The van der Waals surface area contributed by atoms with E-state index in [9.17, 15) is 0 Å². The Kier molecular flexibility index (Phi) is 7.78. The summed E-state index contributed by atoms with van der Waals surface area (Å²) in [5, 5.41) is 6.71. The Labute approximate surface area is 329 Å². The van der Waals surface area contributed by atoms with Crippen molar-refractivity contribution in [2.75, 3.05) is 0 Å². The third-order valence-corrected chi connectivity index (χ3v) is 11.0. The minimum absolute atomic E-state index is 0.557. The molecule has 0 aliphatic rings. The van der Waals surface area contributed by atoms with Gasteiger partial charge in [-0.05, 0) is 85.3 Å². The van der Waals surface area contributed by atoms with Gasteiger partial charge in [-0.15, -0.1) is 0 Å². The highest BCUT2D eigenvalue weighted by Gasteiger charge is 2.20.